The van der Waals surface area contributed by atoms with Crippen molar-refractivity contribution in [3.05, 3.63) is 64.1 Å². The maximum Gasteiger partial charge on any atom is 0.251 e. The number of nitrogens with one attached hydrogen (secondary N) is 2. The number of halogens is 1. The minimum Gasteiger partial charge on any atom is -0.340 e. The molecular formula is C25H29BrN4O2S. The van der Waals surface area contributed by atoms with Gasteiger partial charge >= 0.3 is 0 Å². The molecular weight excluding hydrogens is 500 g/mol. The average molecular weight is 530 g/mol. The highest BCUT2D eigenvalue weighted by Gasteiger charge is 2.27. The molecule has 0 spiro atoms. The number of hydrogen-bond donors (Lipinski definition) is 2. The van der Waals surface area contributed by atoms with Crippen LogP contribution in [0.5, 0.6) is 0 Å². The molecule has 1 heterocycles. The number of unbranched alkanes of at least 4 members (excludes halogenated alkanes) is 1. The van der Waals surface area contributed by atoms with Crippen molar-refractivity contribution in [1.82, 2.24) is 15.5 Å². The Morgan fingerprint density at radius 3 is 2.52 bits per heavy atom. The highest BCUT2D eigenvalue weighted by atomic mass is 79.9. The van der Waals surface area contributed by atoms with Crippen LogP contribution in [0.15, 0.2) is 53.0 Å². The van der Waals surface area contributed by atoms with E-state index in [9.17, 15) is 9.59 Å². The molecule has 6 nitrogen and oxygen atoms in total. The van der Waals surface area contributed by atoms with Crippen LogP contribution in [0.2, 0.25) is 0 Å². The Bertz CT molecular complexity index is 1080. The fraction of sp³-hybridized carbons (Fsp3) is 0.360. The standard InChI is InChI=1S/C25H29BrN4O2S/c1-4-6-8-17-11-13-18(14-12-17)22(31)27-21(16(3)5-2)23(32)28-25-30-29-24(33-25)19-9-7-10-20(26)15-19/h7,9-16,21H,4-6,8H2,1-3H3,(H,27,31)(H,28,30,32)/t16-,21-/m1/s1. The van der Waals surface area contributed by atoms with Crippen molar-refractivity contribution in [2.45, 2.75) is 52.5 Å². The van der Waals surface area contributed by atoms with Crippen molar-refractivity contribution in [3.8, 4) is 10.6 Å². The third kappa shape index (κ3) is 6.95. The summed E-state index contributed by atoms with van der Waals surface area (Å²) in [7, 11) is 0. The maximum absolute atomic E-state index is 13.1. The number of aryl methyl sites for hydroxylation is 1. The number of aromatic nitrogens is 2. The van der Waals surface area contributed by atoms with Crippen LogP contribution in [-0.4, -0.2) is 28.1 Å². The molecule has 0 aliphatic rings. The summed E-state index contributed by atoms with van der Waals surface area (Å²) in [4.78, 5) is 25.9. The molecule has 3 aromatic rings. The summed E-state index contributed by atoms with van der Waals surface area (Å²) in [6.45, 7) is 6.10. The van der Waals surface area contributed by atoms with Gasteiger partial charge in [0.05, 0.1) is 0 Å². The summed E-state index contributed by atoms with van der Waals surface area (Å²) in [6, 6.07) is 14.7. The van der Waals surface area contributed by atoms with E-state index in [1.807, 2.05) is 62.4 Å². The molecule has 0 radical (unpaired) electrons. The van der Waals surface area contributed by atoms with Gasteiger partial charge in [-0.3, -0.25) is 14.9 Å². The minimum atomic E-state index is -0.680. The second kappa shape index (κ2) is 12.0. The predicted molar refractivity (Wildman–Crippen MR) is 137 cm³/mol. The zero-order valence-electron chi connectivity index (χ0n) is 19.1. The Morgan fingerprint density at radius 1 is 1.09 bits per heavy atom. The second-order valence-corrected chi connectivity index (χ2v) is 9.94. The zero-order chi connectivity index (χ0) is 23.8. The molecule has 0 bridgehead atoms. The van der Waals surface area contributed by atoms with Crippen molar-refractivity contribution in [1.29, 1.82) is 0 Å². The topological polar surface area (TPSA) is 84.0 Å². The van der Waals surface area contributed by atoms with E-state index in [2.05, 4.69) is 43.7 Å². The van der Waals surface area contributed by atoms with Gasteiger partial charge in [0.25, 0.3) is 5.91 Å². The summed E-state index contributed by atoms with van der Waals surface area (Å²) < 4.78 is 0.943. The van der Waals surface area contributed by atoms with Crippen LogP contribution in [0.4, 0.5) is 5.13 Å². The number of carbonyl (C=O) groups excluding carboxylic acids is 2. The van der Waals surface area contributed by atoms with Crippen LogP contribution in [-0.2, 0) is 11.2 Å². The van der Waals surface area contributed by atoms with Gasteiger partial charge in [0.2, 0.25) is 11.0 Å². The van der Waals surface area contributed by atoms with E-state index < -0.39 is 6.04 Å². The summed E-state index contributed by atoms with van der Waals surface area (Å²) in [5, 5.41) is 15.1. The van der Waals surface area contributed by atoms with Crippen LogP contribution in [0, 0.1) is 5.92 Å². The lowest BCUT2D eigenvalue weighted by Gasteiger charge is -2.23. The van der Waals surface area contributed by atoms with Gasteiger partial charge in [0.15, 0.2) is 0 Å². The first kappa shape index (κ1) is 25.1. The normalized spacial score (nSPS) is 12.7. The largest absolute Gasteiger partial charge is 0.340 e. The summed E-state index contributed by atoms with van der Waals surface area (Å²) in [6.07, 6.45) is 4.00. The van der Waals surface area contributed by atoms with Crippen LogP contribution < -0.4 is 10.6 Å². The Kier molecular flexibility index (Phi) is 9.14. The molecule has 0 saturated heterocycles. The quantitative estimate of drug-likeness (QED) is 0.333. The summed E-state index contributed by atoms with van der Waals surface area (Å²) >= 11 is 4.75. The average Bonchev–Trinajstić information content (AvgIpc) is 3.29. The van der Waals surface area contributed by atoms with E-state index >= 15 is 0 Å². The smallest absolute Gasteiger partial charge is 0.251 e. The fourth-order valence-corrected chi connectivity index (χ4v) is 4.47. The number of carbonyl (C=O) groups is 2. The van der Waals surface area contributed by atoms with Gasteiger partial charge in [-0.15, -0.1) is 10.2 Å². The molecule has 2 aromatic carbocycles. The first-order chi connectivity index (χ1) is 15.9. The molecule has 0 aliphatic heterocycles. The molecule has 0 saturated carbocycles. The molecule has 2 amide bonds. The lowest BCUT2D eigenvalue weighted by molar-refractivity contribution is -0.119. The third-order valence-electron chi connectivity index (χ3n) is 5.54. The van der Waals surface area contributed by atoms with Crippen molar-refractivity contribution >= 4 is 44.2 Å². The summed E-state index contributed by atoms with van der Waals surface area (Å²) in [5.74, 6) is -0.603. The van der Waals surface area contributed by atoms with Gasteiger partial charge in [-0.25, -0.2) is 0 Å². The van der Waals surface area contributed by atoms with Crippen molar-refractivity contribution in [3.63, 3.8) is 0 Å². The van der Waals surface area contributed by atoms with Gasteiger partial charge in [-0.05, 0) is 48.6 Å². The number of hydrogen-bond acceptors (Lipinski definition) is 5. The molecule has 1 aromatic heterocycles. The molecule has 174 valence electrons. The lowest BCUT2D eigenvalue weighted by Crippen LogP contribution is -2.47. The van der Waals surface area contributed by atoms with E-state index in [-0.39, 0.29) is 17.7 Å². The van der Waals surface area contributed by atoms with E-state index in [0.29, 0.717) is 15.7 Å². The SMILES string of the molecule is CCCCc1ccc(C(=O)N[C@@H](C(=O)Nc2nnc(-c3cccc(Br)c3)s2)[C@H](C)CC)cc1. The van der Waals surface area contributed by atoms with Crippen LogP contribution in [0.3, 0.4) is 0 Å². The zero-order valence-corrected chi connectivity index (χ0v) is 21.5. The van der Waals surface area contributed by atoms with Crippen molar-refractivity contribution in [2.24, 2.45) is 5.92 Å². The number of benzene rings is 2. The lowest BCUT2D eigenvalue weighted by atomic mass is 9.97. The molecule has 2 atom stereocenters. The van der Waals surface area contributed by atoms with Crippen LogP contribution in [0.1, 0.15) is 56.0 Å². The van der Waals surface area contributed by atoms with Gasteiger partial charge < -0.3 is 5.32 Å². The molecule has 0 fully saturated rings. The molecule has 0 unspecified atom stereocenters. The third-order valence-corrected chi connectivity index (χ3v) is 6.92. The first-order valence-electron chi connectivity index (χ1n) is 11.2. The number of nitrogens with zero attached hydrogens (tertiary/aromatic N) is 2. The van der Waals surface area contributed by atoms with Crippen molar-refractivity contribution in [2.75, 3.05) is 5.32 Å². The molecule has 3 rings (SSSR count). The molecule has 2 N–H and O–H groups in total. The van der Waals surface area contributed by atoms with Gasteiger partial charge in [0.1, 0.15) is 11.0 Å². The van der Waals surface area contributed by atoms with E-state index in [4.69, 9.17) is 0 Å². The van der Waals surface area contributed by atoms with Crippen LogP contribution in [0.25, 0.3) is 10.6 Å². The fourth-order valence-electron chi connectivity index (χ4n) is 3.33. The first-order valence-corrected chi connectivity index (χ1v) is 12.8. The molecule has 8 heteroatoms. The Balaban J connectivity index is 1.68. The highest BCUT2D eigenvalue weighted by Crippen LogP contribution is 2.28. The van der Waals surface area contributed by atoms with Gasteiger partial charge in [-0.2, -0.15) is 0 Å². The number of rotatable bonds is 10. The number of amides is 2. The summed E-state index contributed by atoms with van der Waals surface area (Å²) in [5.41, 5.74) is 2.67. The van der Waals surface area contributed by atoms with E-state index in [1.165, 1.54) is 16.9 Å². The van der Waals surface area contributed by atoms with Crippen molar-refractivity contribution < 1.29 is 9.59 Å². The highest BCUT2D eigenvalue weighted by molar-refractivity contribution is 9.10. The monoisotopic (exact) mass is 528 g/mol. The maximum atomic E-state index is 13.1. The second-order valence-electron chi connectivity index (χ2n) is 8.05. The Hall–Kier alpha value is -2.58. The Morgan fingerprint density at radius 2 is 1.85 bits per heavy atom. The number of anilines is 1. The van der Waals surface area contributed by atoms with E-state index in [1.54, 1.807) is 0 Å². The van der Waals surface area contributed by atoms with Gasteiger partial charge in [0, 0.05) is 15.6 Å². The minimum absolute atomic E-state index is 0.0461. The molecule has 0 aliphatic carbocycles. The molecule has 33 heavy (non-hydrogen) atoms. The van der Waals surface area contributed by atoms with E-state index in [0.717, 1.165) is 35.7 Å². The predicted octanol–water partition coefficient (Wildman–Crippen LogP) is 6.09. The van der Waals surface area contributed by atoms with Crippen LogP contribution >= 0.6 is 27.3 Å². The Labute approximate surface area is 207 Å². The van der Waals surface area contributed by atoms with Gasteiger partial charge in [-0.1, -0.05) is 85.1 Å².